The lowest BCUT2D eigenvalue weighted by Crippen LogP contribution is -2.56. The molecule has 2 saturated heterocycles. The number of halogens is 1. The predicted octanol–water partition coefficient (Wildman–Crippen LogP) is 3.83. The van der Waals surface area contributed by atoms with Gasteiger partial charge < -0.3 is 15.1 Å². The van der Waals surface area contributed by atoms with Crippen LogP contribution >= 0.6 is 23.4 Å². The number of urea groups is 1. The summed E-state index contributed by atoms with van der Waals surface area (Å²) >= 11 is 7.78. The molecule has 1 aromatic carbocycles. The van der Waals surface area contributed by atoms with E-state index >= 15 is 0 Å². The van der Waals surface area contributed by atoms with Gasteiger partial charge in [0.2, 0.25) is 0 Å². The summed E-state index contributed by atoms with van der Waals surface area (Å²) in [6, 6.07) is 7.06. The van der Waals surface area contributed by atoms with Gasteiger partial charge in [0, 0.05) is 41.5 Å². The number of nitrogens with one attached hydrogen (secondary N) is 1. The maximum atomic E-state index is 13.0. The highest BCUT2D eigenvalue weighted by atomic mass is 35.5. The van der Waals surface area contributed by atoms with Gasteiger partial charge in [-0.2, -0.15) is 0 Å². The Kier molecular flexibility index (Phi) is 5.45. The highest BCUT2D eigenvalue weighted by molar-refractivity contribution is 8.00. The number of carbonyl (C=O) groups excluding carboxylic acids is 2. The largest absolute Gasteiger partial charge is 0.333 e. The second kappa shape index (κ2) is 7.31. The molecule has 0 aliphatic carbocycles. The number of thioether (sulfide) groups is 1. The summed E-state index contributed by atoms with van der Waals surface area (Å²) in [5.41, 5.74) is 0.425. The van der Waals surface area contributed by atoms with E-state index in [2.05, 4.69) is 5.32 Å². The van der Waals surface area contributed by atoms with Gasteiger partial charge in [-0.3, -0.25) is 4.79 Å². The molecule has 142 valence electrons. The summed E-state index contributed by atoms with van der Waals surface area (Å²) in [5.74, 6) is 0.993. The smallest absolute Gasteiger partial charge is 0.317 e. The van der Waals surface area contributed by atoms with E-state index in [0.717, 1.165) is 25.1 Å². The quantitative estimate of drug-likeness (QED) is 0.786. The minimum absolute atomic E-state index is 0.0223. The molecule has 0 saturated carbocycles. The molecule has 3 amide bonds. The van der Waals surface area contributed by atoms with Crippen LogP contribution in [-0.4, -0.2) is 57.5 Å². The molecular formula is C19H26ClN3O2S. The van der Waals surface area contributed by atoms with Gasteiger partial charge in [-0.15, -0.1) is 11.8 Å². The van der Waals surface area contributed by atoms with E-state index in [4.69, 9.17) is 11.6 Å². The SMILES string of the molecule is CC(C)(C)NC(=O)N1CCC2(CC1)SCCN2C(=O)c1ccc(Cl)cc1. The van der Waals surface area contributed by atoms with Crippen molar-refractivity contribution in [3.05, 3.63) is 34.9 Å². The Morgan fingerprint density at radius 2 is 1.73 bits per heavy atom. The Labute approximate surface area is 164 Å². The summed E-state index contributed by atoms with van der Waals surface area (Å²) in [5, 5.41) is 3.65. The zero-order chi connectivity index (χ0) is 18.9. The first-order valence-electron chi connectivity index (χ1n) is 8.99. The molecule has 7 heteroatoms. The van der Waals surface area contributed by atoms with Crippen LogP contribution in [0.15, 0.2) is 24.3 Å². The summed E-state index contributed by atoms with van der Waals surface area (Å²) in [6.07, 6.45) is 1.60. The third-order valence-corrected chi connectivity index (χ3v) is 6.63. The average molecular weight is 396 g/mol. The lowest BCUT2D eigenvalue weighted by molar-refractivity contribution is 0.0579. The Bertz CT molecular complexity index is 679. The summed E-state index contributed by atoms with van der Waals surface area (Å²) in [4.78, 5) is 29.1. The topological polar surface area (TPSA) is 52.7 Å². The van der Waals surface area contributed by atoms with Gasteiger partial charge >= 0.3 is 6.03 Å². The maximum absolute atomic E-state index is 13.0. The molecule has 2 aliphatic heterocycles. The molecule has 5 nitrogen and oxygen atoms in total. The highest BCUT2D eigenvalue weighted by Crippen LogP contribution is 2.44. The molecular weight excluding hydrogens is 370 g/mol. The Morgan fingerprint density at radius 3 is 2.31 bits per heavy atom. The number of likely N-dealkylation sites (tertiary alicyclic amines) is 1. The van der Waals surface area contributed by atoms with Crippen molar-refractivity contribution in [1.29, 1.82) is 0 Å². The van der Waals surface area contributed by atoms with E-state index in [0.29, 0.717) is 23.7 Å². The first-order valence-corrected chi connectivity index (χ1v) is 10.4. The van der Waals surface area contributed by atoms with E-state index in [9.17, 15) is 9.59 Å². The number of nitrogens with zero attached hydrogens (tertiary/aromatic N) is 2. The summed E-state index contributed by atoms with van der Waals surface area (Å²) < 4.78 is 0. The van der Waals surface area contributed by atoms with Crippen LogP contribution in [0.1, 0.15) is 44.0 Å². The number of benzene rings is 1. The third kappa shape index (κ3) is 4.12. The molecule has 0 radical (unpaired) electrons. The lowest BCUT2D eigenvalue weighted by Gasteiger charge is -2.44. The van der Waals surface area contributed by atoms with Gasteiger partial charge in [0.25, 0.3) is 5.91 Å². The molecule has 0 atom stereocenters. The van der Waals surface area contributed by atoms with Crippen LogP contribution in [0, 0.1) is 0 Å². The van der Waals surface area contributed by atoms with Gasteiger partial charge in [-0.1, -0.05) is 11.6 Å². The molecule has 26 heavy (non-hydrogen) atoms. The van der Waals surface area contributed by atoms with Gasteiger partial charge in [0.05, 0.1) is 4.87 Å². The fourth-order valence-corrected chi connectivity index (χ4v) is 5.10. The van der Waals surface area contributed by atoms with Gasteiger partial charge in [-0.25, -0.2) is 4.79 Å². The summed E-state index contributed by atoms with van der Waals surface area (Å²) in [7, 11) is 0. The highest BCUT2D eigenvalue weighted by Gasteiger charge is 2.47. The Hall–Kier alpha value is -1.40. The third-order valence-electron chi connectivity index (χ3n) is 4.83. The van der Waals surface area contributed by atoms with Gasteiger partial charge in [0.1, 0.15) is 0 Å². The van der Waals surface area contributed by atoms with Gasteiger partial charge in [-0.05, 0) is 57.9 Å². The number of rotatable bonds is 1. The van der Waals surface area contributed by atoms with Crippen molar-refractivity contribution in [2.24, 2.45) is 0 Å². The Morgan fingerprint density at radius 1 is 1.12 bits per heavy atom. The van der Waals surface area contributed by atoms with Crippen molar-refractivity contribution in [2.45, 2.75) is 44.0 Å². The van der Waals surface area contributed by atoms with Crippen LogP contribution < -0.4 is 5.32 Å². The molecule has 2 fully saturated rings. The van der Waals surface area contributed by atoms with Crippen molar-refractivity contribution in [3.8, 4) is 0 Å². The molecule has 2 aliphatic rings. The molecule has 1 spiro atoms. The van der Waals surface area contributed by atoms with E-state index < -0.39 is 0 Å². The van der Waals surface area contributed by atoms with Crippen molar-refractivity contribution >= 4 is 35.3 Å². The molecule has 0 aromatic heterocycles. The monoisotopic (exact) mass is 395 g/mol. The fourth-order valence-electron chi connectivity index (χ4n) is 3.52. The van der Waals surface area contributed by atoms with E-state index in [1.165, 1.54) is 0 Å². The molecule has 0 unspecified atom stereocenters. The second-order valence-electron chi connectivity index (χ2n) is 7.93. The van der Waals surface area contributed by atoms with Crippen molar-refractivity contribution < 1.29 is 9.59 Å². The number of amides is 3. The van der Waals surface area contributed by atoms with Crippen molar-refractivity contribution in [2.75, 3.05) is 25.4 Å². The van der Waals surface area contributed by atoms with Crippen molar-refractivity contribution in [3.63, 3.8) is 0 Å². The first-order chi connectivity index (χ1) is 12.2. The zero-order valence-corrected chi connectivity index (χ0v) is 17.1. The molecule has 0 bridgehead atoms. The first kappa shape index (κ1) is 19.4. The summed E-state index contributed by atoms with van der Waals surface area (Å²) in [6.45, 7) is 8.03. The second-order valence-corrected chi connectivity index (χ2v) is 9.82. The number of hydrogen-bond acceptors (Lipinski definition) is 3. The van der Waals surface area contributed by atoms with E-state index in [-0.39, 0.29) is 22.3 Å². The minimum atomic E-state index is -0.245. The molecule has 1 N–H and O–H groups in total. The van der Waals surface area contributed by atoms with Crippen LogP contribution in [0.5, 0.6) is 0 Å². The average Bonchev–Trinajstić information content (AvgIpc) is 2.97. The number of piperidine rings is 1. The molecule has 1 aromatic rings. The normalized spacial score (nSPS) is 19.7. The van der Waals surface area contributed by atoms with Crippen molar-refractivity contribution in [1.82, 2.24) is 15.1 Å². The predicted molar refractivity (Wildman–Crippen MR) is 107 cm³/mol. The molecule has 3 rings (SSSR count). The number of carbonyl (C=O) groups is 2. The van der Waals surface area contributed by atoms with Crippen LogP contribution in [0.3, 0.4) is 0 Å². The van der Waals surface area contributed by atoms with Crippen LogP contribution in [0.2, 0.25) is 5.02 Å². The Balaban J connectivity index is 1.68. The van der Waals surface area contributed by atoms with Crippen LogP contribution in [0.25, 0.3) is 0 Å². The fraction of sp³-hybridized carbons (Fsp3) is 0.579. The standard InChI is InChI=1S/C19H26ClN3O2S/c1-18(2,3)21-17(25)22-10-8-19(9-11-22)23(12-13-26-19)16(24)14-4-6-15(20)7-5-14/h4-7H,8-13H2,1-3H3,(H,21,25). The minimum Gasteiger partial charge on any atom is -0.333 e. The molecule has 2 heterocycles. The van der Waals surface area contributed by atoms with E-state index in [1.807, 2.05) is 42.3 Å². The van der Waals surface area contributed by atoms with Crippen LogP contribution in [0.4, 0.5) is 4.79 Å². The van der Waals surface area contributed by atoms with Gasteiger partial charge in [0.15, 0.2) is 0 Å². The lowest BCUT2D eigenvalue weighted by atomic mass is 10.0. The maximum Gasteiger partial charge on any atom is 0.317 e. The van der Waals surface area contributed by atoms with Crippen LogP contribution in [-0.2, 0) is 0 Å². The van der Waals surface area contributed by atoms with E-state index in [1.54, 1.807) is 24.3 Å². The zero-order valence-electron chi connectivity index (χ0n) is 15.5. The number of hydrogen-bond donors (Lipinski definition) is 1.